The first-order valence-electron chi connectivity index (χ1n) is 7.01. The van der Waals surface area contributed by atoms with E-state index in [0.29, 0.717) is 0 Å². The zero-order valence-electron chi connectivity index (χ0n) is 11.2. The van der Waals surface area contributed by atoms with Crippen LogP contribution in [0.1, 0.15) is 52.4 Å². The van der Waals surface area contributed by atoms with E-state index in [1.54, 1.807) is 0 Å². The molecule has 0 saturated heterocycles. The van der Waals surface area contributed by atoms with E-state index in [4.69, 9.17) is 5.73 Å². The van der Waals surface area contributed by atoms with E-state index in [-0.39, 0.29) is 5.54 Å². The summed E-state index contributed by atoms with van der Waals surface area (Å²) in [6.07, 6.45) is 8.34. The Balaban J connectivity index is 1.97. The lowest BCUT2D eigenvalue weighted by Crippen LogP contribution is -2.56. The highest BCUT2D eigenvalue weighted by Crippen LogP contribution is 2.44. The average Bonchev–Trinajstić information content (AvgIpc) is 3.12. The number of likely N-dealkylation sites (N-methyl/N-ethyl adjacent to an activating group) is 1. The van der Waals surface area contributed by atoms with Gasteiger partial charge in [-0.15, -0.1) is 0 Å². The lowest BCUT2D eigenvalue weighted by atomic mass is 9.83. The lowest BCUT2D eigenvalue weighted by Gasteiger charge is -2.45. The first kappa shape index (κ1) is 12.4. The van der Waals surface area contributed by atoms with Gasteiger partial charge in [0.15, 0.2) is 0 Å². The predicted octanol–water partition coefficient (Wildman–Crippen LogP) is 2.62. The molecule has 2 fully saturated rings. The first-order valence-corrected chi connectivity index (χ1v) is 7.01. The van der Waals surface area contributed by atoms with Crippen molar-refractivity contribution in [2.24, 2.45) is 17.6 Å². The fourth-order valence-electron chi connectivity index (χ4n) is 3.35. The van der Waals surface area contributed by atoms with Gasteiger partial charge in [0.25, 0.3) is 0 Å². The van der Waals surface area contributed by atoms with Crippen molar-refractivity contribution in [3.05, 3.63) is 0 Å². The highest BCUT2D eigenvalue weighted by molar-refractivity contribution is 5.01. The molecule has 2 aliphatic carbocycles. The molecule has 2 heteroatoms. The van der Waals surface area contributed by atoms with Gasteiger partial charge in [0, 0.05) is 18.1 Å². The van der Waals surface area contributed by atoms with E-state index in [9.17, 15) is 0 Å². The third kappa shape index (κ3) is 2.28. The molecule has 2 aliphatic rings. The zero-order valence-corrected chi connectivity index (χ0v) is 11.2. The molecule has 0 aromatic rings. The lowest BCUT2D eigenvalue weighted by molar-refractivity contribution is 0.0471. The van der Waals surface area contributed by atoms with Crippen molar-refractivity contribution >= 4 is 0 Å². The monoisotopic (exact) mass is 224 g/mol. The van der Waals surface area contributed by atoms with E-state index < -0.39 is 0 Å². The third-order valence-corrected chi connectivity index (χ3v) is 5.21. The fourth-order valence-corrected chi connectivity index (χ4v) is 3.35. The van der Waals surface area contributed by atoms with Crippen LogP contribution in [0.2, 0.25) is 0 Å². The average molecular weight is 224 g/mol. The standard InChI is InChI=1S/C14H28N2/c1-11-4-8-13(9-5-11)16(3)14(2,10-15)12-6-7-12/h11-13H,4-10,15H2,1-3H3. The topological polar surface area (TPSA) is 29.3 Å². The highest BCUT2D eigenvalue weighted by Gasteiger charge is 2.45. The quantitative estimate of drug-likeness (QED) is 0.795. The Morgan fingerprint density at radius 1 is 1.12 bits per heavy atom. The van der Waals surface area contributed by atoms with Gasteiger partial charge in [0.1, 0.15) is 0 Å². The van der Waals surface area contributed by atoms with Gasteiger partial charge < -0.3 is 5.73 Å². The zero-order chi connectivity index (χ0) is 11.8. The molecule has 0 aromatic carbocycles. The van der Waals surface area contributed by atoms with Crippen LogP contribution in [-0.4, -0.2) is 30.1 Å². The molecule has 0 spiro atoms. The minimum Gasteiger partial charge on any atom is -0.329 e. The minimum absolute atomic E-state index is 0.269. The molecule has 16 heavy (non-hydrogen) atoms. The van der Waals surface area contributed by atoms with Gasteiger partial charge >= 0.3 is 0 Å². The van der Waals surface area contributed by atoms with Crippen molar-refractivity contribution in [3.63, 3.8) is 0 Å². The van der Waals surface area contributed by atoms with Gasteiger partial charge in [0.05, 0.1) is 0 Å². The second kappa shape index (κ2) is 4.66. The van der Waals surface area contributed by atoms with Crippen LogP contribution in [0, 0.1) is 11.8 Å². The Labute approximate surface area is 101 Å². The molecule has 2 N–H and O–H groups in total. The van der Waals surface area contributed by atoms with Crippen LogP contribution in [0.5, 0.6) is 0 Å². The molecule has 0 heterocycles. The predicted molar refractivity (Wildman–Crippen MR) is 69.4 cm³/mol. The third-order valence-electron chi connectivity index (χ3n) is 5.21. The number of hydrogen-bond acceptors (Lipinski definition) is 2. The maximum Gasteiger partial charge on any atom is 0.0331 e. The van der Waals surface area contributed by atoms with Crippen molar-refractivity contribution in [3.8, 4) is 0 Å². The molecule has 0 bridgehead atoms. The molecule has 0 radical (unpaired) electrons. The molecule has 2 rings (SSSR count). The van der Waals surface area contributed by atoms with Gasteiger partial charge in [0.2, 0.25) is 0 Å². The summed E-state index contributed by atoms with van der Waals surface area (Å²) in [7, 11) is 2.31. The van der Waals surface area contributed by atoms with E-state index in [1.165, 1.54) is 38.5 Å². The second-order valence-electron chi connectivity index (χ2n) is 6.36. The van der Waals surface area contributed by atoms with Crippen LogP contribution >= 0.6 is 0 Å². The summed E-state index contributed by atoms with van der Waals surface area (Å²) in [5.41, 5.74) is 6.31. The van der Waals surface area contributed by atoms with Gasteiger partial charge in [-0.1, -0.05) is 6.92 Å². The van der Waals surface area contributed by atoms with Gasteiger partial charge in [-0.3, -0.25) is 4.90 Å². The number of nitrogens with two attached hydrogens (primary N) is 1. The number of rotatable bonds is 4. The van der Waals surface area contributed by atoms with Crippen LogP contribution in [0.4, 0.5) is 0 Å². The summed E-state index contributed by atoms with van der Waals surface area (Å²) >= 11 is 0. The first-order chi connectivity index (χ1) is 7.58. The molecule has 0 aromatic heterocycles. The minimum atomic E-state index is 0.269. The number of hydrogen-bond donors (Lipinski definition) is 1. The number of nitrogens with zero attached hydrogens (tertiary/aromatic N) is 1. The molecule has 1 unspecified atom stereocenters. The maximum atomic E-state index is 6.04. The van der Waals surface area contributed by atoms with Crippen LogP contribution < -0.4 is 5.73 Å². The van der Waals surface area contributed by atoms with Crippen LogP contribution in [0.15, 0.2) is 0 Å². The highest BCUT2D eigenvalue weighted by atomic mass is 15.2. The van der Waals surface area contributed by atoms with E-state index >= 15 is 0 Å². The fraction of sp³-hybridized carbons (Fsp3) is 1.00. The van der Waals surface area contributed by atoms with Crippen molar-refractivity contribution in [2.45, 2.75) is 64.0 Å². The largest absolute Gasteiger partial charge is 0.329 e. The molecular formula is C14H28N2. The van der Waals surface area contributed by atoms with Gasteiger partial charge in [-0.2, -0.15) is 0 Å². The van der Waals surface area contributed by atoms with Crippen LogP contribution in [0.3, 0.4) is 0 Å². The van der Waals surface area contributed by atoms with E-state index in [1.807, 2.05) is 0 Å². The molecule has 94 valence electrons. The SMILES string of the molecule is CC1CCC(N(C)C(C)(CN)C2CC2)CC1. The Kier molecular flexibility index (Phi) is 3.60. The molecular weight excluding hydrogens is 196 g/mol. The summed E-state index contributed by atoms with van der Waals surface area (Å²) in [5, 5.41) is 0. The van der Waals surface area contributed by atoms with Crippen LogP contribution in [-0.2, 0) is 0 Å². The second-order valence-corrected chi connectivity index (χ2v) is 6.36. The summed E-state index contributed by atoms with van der Waals surface area (Å²) in [6.45, 7) is 5.59. The summed E-state index contributed by atoms with van der Waals surface area (Å²) in [4.78, 5) is 2.62. The van der Waals surface area contributed by atoms with Crippen molar-refractivity contribution in [1.29, 1.82) is 0 Å². The van der Waals surface area contributed by atoms with Gasteiger partial charge in [-0.05, 0) is 64.3 Å². The molecule has 0 amide bonds. The molecule has 2 nitrogen and oxygen atoms in total. The molecule has 1 atom stereocenters. The van der Waals surface area contributed by atoms with E-state index in [2.05, 4.69) is 25.8 Å². The van der Waals surface area contributed by atoms with Crippen molar-refractivity contribution in [1.82, 2.24) is 4.90 Å². The smallest absolute Gasteiger partial charge is 0.0331 e. The normalized spacial score (nSPS) is 35.1. The Hall–Kier alpha value is -0.0800. The summed E-state index contributed by atoms with van der Waals surface area (Å²) in [5.74, 6) is 1.80. The summed E-state index contributed by atoms with van der Waals surface area (Å²) in [6, 6.07) is 0.783. The Morgan fingerprint density at radius 2 is 1.69 bits per heavy atom. The molecule has 2 saturated carbocycles. The Bertz CT molecular complexity index is 229. The van der Waals surface area contributed by atoms with Gasteiger partial charge in [-0.25, -0.2) is 0 Å². The van der Waals surface area contributed by atoms with E-state index in [0.717, 1.165) is 24.4 Å². The molecule has 0 aliphatic heterocycles. The Morgan fingerprint density at radius 3 is 2.12 bits per heavy atom. The summed E-state index contributed by atoms with van der Waals surface area (Å²) < 4.78 is 0. The maximum absolute atomic E-state index is 6.04. The van der Waals surface area contributed by atoms with Crippen LogP contribution in [0.25, 0.3) is 0 Å². The van der Waals surface area contributed by atoms with Crippen molar-refractivity contribution in [2.75, 3.05) is 13.6 Å². The van der Waals surface area contributed by atoms with Crippen molar-refractivity contribution < 1.29 is 0 Å².